The SMILES string of the molecule is COc1ccc(OCCN(C)CCOc2ccc(N)cc2)c2c1NC(=O)CC2. The number of amides is 1. The van der Waals surface area contributed by atoms with Crippen molar-refractivity contribution in [3.8, 4) is 17.2 Å². The molecule has 0 saturated carbocycles. The summed E-state index contributed by atoms with van der Waals surface area (Å²) in [5.41, 5.74) is 8.11. The van der Waals surface area contributed by atoms with Gasteiger partial charge in [-0.3, -0.25) is 9.69 Å². The van der Waals surface area contributed by atoms with Crippen LogP contribution in [0, 0.1) is 0 Å². The Labute approximate surface area is 165 Å². The predicted molar refractivity (Wildman–Crippen MR) is 109 cm³/mol. The van der Waals surface area contributed by atoms with Gasteiger partial charge in [0.2, 0.25) is 5.91 Å². The second-order valence-electron chi connectivity index (χ2n) is 6.74. The molecule has 1 aliphatic heterocycles. The zero-order valence-electron chi connectivity index (χ0n) is 16.4. The summed E-state index contributed by atoms with van der Waals surface area (Å²) >= 11 is 0. The molecule has 1 heterocycles. The monoisotopic (exact) mass is 385 g/mol. The Balaban J connectivity index is 1.46. The molecule has 0 aromatic heterocycles. The van der Waals surface area contributed by atoms with Gasteiger partial charge in [-0.2, -0.15) is 0 Å². The van der Waals surface area contributed by atoms with Crippen molar-refractivity contribution in [3.05, 3.63) is 42.0 Å². The second kappa shape index (κ2) is 9.32. The van der Waals surface area contributed by atoms with E-state index in [9.17, 15) is 4.79 Å². The molecular weight excluding hydrogens is 358 g/mol. The molecule has 7 heteroatoms. The standard InChI is InChI=1S/C21H27N3O4/c1-24(11-13-27-16-5-3-15(22)4-6-16)12-14-28-18-8-9-19(26-2)21-17(18)7-10-20(25)23-21/h3-6,8-9H,7,10-14,22H2,1-2H3,(H,23,25). The van der Waals surface area contributed by atoms with Gasteiger partial charge in [0.1, 0.15) is 30.5 Å². The largest absolute Gasteiger partial charge is 0.495 e. The van der Waals surface area contributed by atoms with E-state index < -0.39 is 0 Å². The molecular formula is C21H27N3O4. The summed E-state index contributed by atoms with van der Waals surface area (Å²) in [5.74, 6) is 2.27. The number of nitrogen functional groups attached to an aromatic ring is 1. The number of benzene rings is 2. The number of rotatable bonds is 9. The molecule has 7 nitrogen and oxygen atoms in total. The number of fused-ring (bicyclic) bond motifs is 1. The van der Waals surface area contributed by atoms with Crippen LogP contribution < -0.4 is 25.3 Å². The summed E-state index contributed by atoms with van der Waals surface area (Å²) in [6.45, 7) is 2.68. The maximum Gasteiger partial charge on any atom is 0.224 e. The summed E-state index contributed by atoms with van der Waals surface area (Å²) in [6, 6.07) is 11.1. The highest BCUT2D eigenvalue weighted by Gasteiger charge is 2.22. The lowest BCUT2D eigenvalue weighted by Crippen LogP contribution is -2.29. The Morgan fingerprint density at radius 2 is 1.68 bits per heavy atom. The van der Waals surface area contributed by atoms with Crippen LogP contribution in [-0.4, -0.2) is 51.3 Å². The number of nitrogens with two attached hydrogens (primary N) is 1. The maximum atomic E-state index is 11.7. The maximum absolute atomic E-state index is 11.7. The molecule has 0 atom stereocenters. The van der Waals surface area contributed by atoms with Crippen molar-refractivity contribution in [2.24, 2.45) is 0 Å². The first-order valence-corrected chi connectivity index (χ1v) is 9.36. The second-order valence-corrected chi connectivity index (χ2v) is 6.74. The Morgan fingerprint density at radius 3 is 2.39 bits per heavy atom. The molecule has 0 spiro atoms. The zero-order chi connectivity index (χ0) is 19.9. The smallest absolute Gasteiger partial charge is 0.224 e. The molecule has 1 amide bonds. The summed E-state index contributed by atoms with van der Waals surface area (Å²) in [7, 11) is 3.62. The van der Waals surface area contributed by atoms with Gasteiger partial charge in [-0.25, -0.2) is 0 Å². The molecule has 0 radical (unpaired) electrons. The van der Waals surface area contributed by atoms with Gasteiger partial charge in [-0.15, -0.1) is 0 Å². The van der Waals surface area contributed by atoms with E-state index in [2.05, 4.69) is 10.2 Å². The minimum atomic E-state index is 0.00351. The average molecular weight is 385 g/mol. The molecule has 28 heavy (non-hydrogen) atoms. The van der Waals surface area contributed by atoms with Gasteiger partial charge in [0, 0.05) is 30.8 Å². The highest BCUT2D eigenvalue weighted by Crippen LogP contribution is 2.38. The fourth-order valence-electron chi connectivity index (χ4n) is 3.04. The molecule has 2 aromatic rings. The van der Waals surface area contributed by atoms with Crippen molar-refractivity contribution < 1.29 is 19.0 Å². The van der Waals surface area contributed by atoms with Crippen LogP contribution >= 0.6 is 0 Å². The van der Waals surface area contributed by atoms with E-state index in [4.69, 9.17) is 19.9 Å². The molecule has 0 saturated heterocycles. The Hall–Kier alpha value is -2.93. The van der Waals surface area contributed by atoms with Gasteiger partial charge >= 0.3 is 0 Å². The van der Waals surface area contributed by atoms with Crippen LogP contribution in [0.15, 0.2) is 36.4 Å². The van der Waals surface area contributed by atoms with Crippen LogP contribution in [0.4, 0.5) is 11.4 Å². The number of anilines is 2. The van der Waals surface area contributed by atoms with Gasteiger partial charge in [0.25, 0.3) is 0 Å². The van der Waals surface area contributed by atoms with Gasteiger partial charge in [-0.05, 0) is 49.9 Å². The Kier molecular flexibility index (Phi) is 6.60. The number of likely N-dealkylation sites (N-methyl/N-ethyl adjacent to an activating group) is 1. The average Bonchev–Trinajstić information content (AvgIpc) is 2.69. The summed E-state index contributed by atoms with van der Waals surface area (Å²) in [5, 5.41) is 2.89. The highest BCUT2D eigenvalue weighted by molar-refractivity contribution is 5.96. The topological polar surface area (TPSA) is 86.1 Å². The van der Waals surface area contributed by atoms with E-state index in [-0.39, 0.29) is 5.91 Å². The van der Waals surface area contributed by atoms with Gasteiger partial charge in [0.15, 0.2) is 0 Å². The predicted octanol–water partition coefficient (Wildman–Crippen LogP) is 2.55. The van der Waals surface area contributed by atoms with Crippen molar-refractivity contribution in [3.63, 3.8) is 0 Å². The molecule has 0 fully saturated rings. The van der Waals surface area contributed by atoms with Crippen LogP contribution in [0.3, 0.4) is 0 Å². The number of ether oxygens (including phenoxy) is 3. The molecule has 3 rings (SSSR count). The third-order valence-electron chi connectivity index (χ3n) is 4.67. The molecule has 150 valence electrons. The van der Waals surface area contributed by atoms with E-state index in [1.165, 1.54) is 0 Å². The lowest BCUT2D eigenvalue weighted by atomic mass is 10.0. The number of nitrogens with zero attached hydrogens (tertiary/aromatic N) is 1. The van der Waals surface area contributed by atoms with Crippen molar-refractivity contribution in [1.29, 1.82) is 0 Å². The molecule has 0 unspecified atom stereocenters. The number of carbonyl (C=O) groups excluding carboxylic acids is 1. The molecule has 0 bridgehead atoms. The third-order valence-corrected chi connectivity index (χ3v) is 4.67. The van der Waals surface area contributed by atoms with Gasteiger partial charge < -0.3 is 25.3 Å². The fraction of sp³-hybridized carbons (Fsp3) is 0.381. The van der Waals surface area contributed by atoms with Crippen LogP contribution in [0.2, 0.25) is 0 Å². The normalized spacial score (nSPS) is 13.0. The summed E-state index contributed by atoms with van der Waals surface area (Å²) in [4.78, 5) is 13.8. The molecule has 3 N–H and O–H groups in total. The van der Waals surface area contributed by atoms with E-state index in [1.54, 1.807) is 7.11 Å². The van der Waals surface area contributed by atoms with E-state index >= 15 is 0 Å². The molecule has 1 aliphatic rings. The fourth-order valence-corrected chi connectivity index (χ4v) is 3.04. The lowest BCUT2D eigenvalue weighted by molar-refractivity contribution is -0.116. The van der Waals surface area contributed by atoms with Gasteiger partial charge in [-0.1, -0.05) is 0 Å². The number of nitrogens with one attached hydrogen (secondary N) is 1. The van der Waals surface area contributed by atoms with E-state index in [1.807, 2.05) is 43.4 Å². The minimum Gasteiger partial charge on any atom is -0.495 e. The summed E-state index contributed by atoms with van der Waals surface area (Å²) in [6.07, 6.45) is 1.11. The van der Waals surface area contributed by atoms with E-state index in [0.29, 0.717) is 31.8 Å². The van der Waals surface area contributed by atoms with Gasteiger partial charge in [0.05, 0.1) is 12.8 Å². The first-order valence-electron chi connectivity index (χ1n) is 9.36. The minimum absolute atomic E-state index is 0.00351. The van der Waals surface area contributed by atoms with Crippen LogP contribution in [-0.2, 0) is 11.2 Å². The van der Waals surface area contributed by atoms with Crippen LogP contribution in [0.1, 0.15) is 12.0 Å². The van der Waals surface area contributed by atoms with Crippen LogP contribution in [0.5, 0.6) is 17.2 Å². The quantitative estimate of drug-likeness (QED) is 0.645. The van der Waals surface area contributed by atoms with Crippen molar-refractivity contribution >= 4 is 17.3 Å². The number of hydrogen-bond acceptors (Lipinski definition) is 6. The summed E-state index contributed by atoms with van der Waals surface area (Å²) < 4.78 is 17.0. The van der Waals surface area contributed by atoms with Crippen LogP contribution in [0.25, 0.3) is 0 Å². The lowest BCUT2D eigenvalue weighted by Gasteiger charge is -2.23. The highest BCUT2D eigenvalue weighted by atomic mass is 16.5. The zero-order valence-corrected chi connectivity index (χ0v) is 16.4. The Bertz CT molecular complexity index is 808. The van der Waals surface area contributed by atoms with Crippen molar-refractivity contribution in [2.75, 3.05) is 51.5 Å². The molecule has 0 aliphatic carbocycles. The van der Waals surface area contributed by atoms with Crippen molar-refractivity contribution in [2.45, 2.75) is 12.8 Å². The van der Waals surface area contributed by atoms with Crippen molar-refractivity contribution in [1.82, 2.24) is 4.90 Å². The number of carbonyl (C=O) groups is 1. The number of methoxy groups -OCH3 is 1. The molecule has 2 aromatic carbocycles. The first-order chi connectivity index (χ1) is 13.6. The Morgan fingerprint density at radius 1 is 1.00 bits per heavy atom. The first kappa shape index (κ1) is 19.8. The number of hydrogen-bond donors (Lipinski definition) is 2. The third kappa shape index (κ3) is 5.07. The van der Waals surface area contributed by atoms with E-state index in [0.717, 1.165) is 41.5 Å².